The van der Waals surface area contributed by atoms with E-state index in [-0.39, 0.29) is 30.1 Å². The van der Waals surface area contributed by atoms with Crippen LogP contribution in [0.2, 0.25) is 0 Å². The first-order valence-electron chi connectivity index (χ1n) is 7.96. The Morgan fingerprint density at radius 1 is 1.04 bits per heavy atom. The van der Waals surface area contributed by atoms with Crippen LogP contribution in [0.25, 0.3) is 0 Å². The van der Waals surface area contributed by atoms with Crippen LogP contribution in [0, 0.1) is 0 Å². The minimum absolute atomic E-state index is 0.000852. The molecule has 0 aromatic heterocycles. The van der Waals surface area contributed by atoms with E-state index in [2.05, 4.69) is 5.32 Å². The van der Waals surface area contributed by atoms with Gasteiger partial charge < -0.3 is 14.8 Å². The van der Waals surface area contributed by atoms with Crippen molar-refractivity contribution >= 4 is 15.7 Å². The van der Waals surface area contributed by atoms with E-state index in [9.17, 15) is 13.2 Å². The number of benzene rings is 2. The maximum atomic E-state index is 11.9. The molecule has 2 aromatic carbocycles. The minimum atomic E-state index is -3.02. The van der Waals surface area contributed by atoms with E-state index in [1.54, 1.807) is 24.3 Å². The normalized spacial score (nSPS) is 18.5. The molecule has 0 bridgehead atoms. The number of carbonyl (C=O) groups is 1. The maximum Gasteiger partial charge on any atom is 0.258 e. The van der Waals surface area contributed by atoms with Gasteiger partial charge in [0.2, 0.25) is 0 Å². The van der Waals surface area contributed by atoms with E-state index < -0.39 is 9.84 Å². The molecule has 0 unspecified atom stereocenters. The number of carbonyl (C=O) groups excluding carboxylic acids is 1. The van der Waals surface area contributed by atoms with Crippen LogP contribution in [0.15, 0.2) is 54.6 Å². The smallest absolute Gasteiger partial charge is 0.258 e. The van der Waals surface area contributed by atoms with Gasteiger partial charge in [-0.1, -0.05) is 24.3 Å². The van der Waals surface area contributed by atoms with Crippen LogP contribution in [-0.2, 0) is 14.6 Å². The molecule has 25 heavy (non-hydrogen) atoms. The average molecular weight is 361 g/mol. The summed E-state index contributed by atoms with van der Waals surface area (Å²) < 4.78 is 34.0. The Morgan fingerprint density at radius 2 is 1.76 bits per heavy atom. The lowest BCUT2D eigenvalue weighted by Crippen LogP contribution is -2.38. The van der Waals surface area contributed by atoms with Crippen molar-refractivity contribution in [2.24, 2.45) is 0 Å². The largest absolute Gasteiger partial charge is 0.484 e. The van der Waals surface area contributed by atoms with Gasteiger partial charge in [-0.3, -0.25) is 4.79 Å². The molecule has 2 aromatic rings. The predicted octanol–water partition coefficient (Wildman–Crippen LogP) is 2.16. The number of para-hydroxylation sites is 1. The van der Waals surface area contributed by atoms with E-state index >= 15 is 0 Å². The lowest BCUT2D eigenvalue weighted by atomic mass is 10.2. The lowest BCUT2D eigenvalue weighted by molar-refractivity contribution is -0.123. The molecular weight excluding hydrogens is 342 g/mol. The third-order valence-corrected chi connectivity index (χ3v) is 5.52. The SMILES string of the molecule is O=C(COc1cccc(Oc2ccccc2)c1)N[C@@H]1CCS(=O)(=O)C1. The molecule has 3 rings (SSSR count). The van der Waals surface area contributed by atoms with Gasteiger partial charge in [0.1, 0.15) is 17.2 Å². The molecule has 1 aliphatic rings. The highest BCUT2D eigenvalue weighted by atomic mass is 32.2. The first-order chi connectivity index (χ1) is 12.0. The highest BCUT2D eigenvalue weighted by Gasteiger charge is 2.28. The molecule has 0 radical (unpaired) electrons. The molecule has 132 valence electrons. The minimum Gasteiger partial charge on any atom is -0.484 e. The summed E-state index contributed by atoms with van der Waals surface area (Å²) in [6.07, 6.45) is 0.453. The number of rotatable bonds is 6. The van der Waals surface area contributed by atoms with Crippen LogP contribution in [0.3, 0.4) is 0 Å². The summed E-state index contributed by atoms with van der Waals surface area (Å²) in [4.78, 5) is 11.9. The molecule has 1 saturated heterocycles. The van der Waals surface area contributed by atoms with Crippen molar-refractivity contribution < 1.29 is 22.7 Å². The molecular formula is C18H19NO5S. The fraction of sp³-hybridized carbons (Fsp3) is 0.278. The van der Waals surface area contributed by atoms with Crippen LogP contribution in [-0.4, -0.2) is 38.5 Å². The van der Waals surface area contributed by atoms with Gasteiger partial charge >= 0.3 is 0 Å². The summed E-state index contributed by atoms with van der Waals surface area (Å²) in [5.41, 5.74) is 0. The van der Waals surface area contributed by atoms with E-state index in [4.69, 9.17) is 9.47 Å². The predicted molar refractivity (Wildman–Crippen MR) is 93.7 cm³/mol. The van der Waals surface area contributed by atoms with E-state index in [0.717, 1.165) is 0 Å². The highest BCUT2D eigenvalue weighted by molar-refractivity contribution is 7.91. The number of ether oxygens (including phenoxy) is 2. The van der Waals surface area contributed by atoms with Crippen molar-refractivity contribution in [3.8, 4) is 17.2 Å². The van der Waals surface area contributed by atoms with Gasteiger partial charge in [-0.25, -0.2) is 8.42 Å². The zero-order valence-corrected chi connectivity index (χ0v) is 14.4. The molecule has 1 atom stereocenters. The van der Waals surface area contributed by atoms with Crippen molar-refractivity contribution in [3.05, 3.63) is 54.6 Å². The number of sulfone groups is 1. The van der Waals surface area contributed by atoms with Crippen molar-refractivity contribution in [2.75, 3.05) is 18.1 Å². The number of nitrogens with one attached hydrogen (secondary N) is 1. The van der Waals surface area contributed by atoms with E-state index in [1.165, 1.54) is 0 Å². The molecule has 1 N–H and O–H groups in total. The van der Waals surface area contributed by atoms with Gasteiger partial charge in [-0.15, -0.1) is 0 Å². The molecule has 7 heteroatoms. The summed E-state index contributed by atoms with van der Waals surface area (Å²) >= 11 is 0. The summed E-state index contributed by atoms with van der Waals surface area (Å²) in [5.74, 6) is 1.60. The van der Waals surface area contributed by atoms with Gasteiger partial charge in [-0.05, 0) is 30.7 Å². The Morgan fingerprint density at radius 3 is 2.48 bits per heavy atom. The summed E-state index contributed by atoms with van der Waals surface area (Å²) in [7, 11) is -3.02. The standard InChI is InChI=1S/C18H19NO5S/c20-18(19-14-9-10-25(21,22)13-14)12-23-16-7-4-8-17(11-16)24-15-5-2-1-3-6-15/h1-8,11,14H,9-10,12-13H2,(H,19,20)/t14-/m1/s1. The number of amides is 1. The molecule has 1 heterocycles. The molecule has 0 aliphatic carbocycles. The van der Waals surface area contributed by atoms with Crippen LogP contribution < -0.4 is 14.8 Å². The zero-order chi connectivity index (χ0) is 17.7. The van der Waals surface area contributed by atoms with Gasteiger partial charge in [0.25, 0.3) is 5.91 Å². The van der Waals surface area contributed by atoms with Crippen molar-refractivity contribution in [1.29, 1.82) is 0 Å². The van der Waals surface area contributed by atoms with Gasteiger partial charge in [-0.2, -0.15) is 0 Å². The van der Waals surface area contributed by atoms with Crippen LogP contribution in [0.1, 0.15) is 6.42 Å². The Labute approximate surface area is 146 Å². The second-order valence-electron chi connectivity index (χ2n) is 5.85. The molecule has 0 spiro atoms. The molecule has 1 aliphatic heterocycles. The van der Waals surface area contributed by atoms with Crippen LogP contribution >= 0.6 is 0 Å². The van der Waals surface area contributed by atoms with Crippen molar-refractivity contribution in [1.82, 2.24) is 5.32 Å². The molecule has 0 saturated carbocycles. The van der Waals surface area contributed by atoms with Gasteiger partial charge in [0.05, 0.1) is 11.5 Å². The van der Waals surface area contributed by atoms with E-state index in [0.29, 0.717) is 23.7 Å². The quantitative estimate of drug-likeness (QED) is 0.853. The number of hydrogen-bond acceptors (Lipinski definition) is 5. The Kier molecular flexibility index (Phi) is 5.23. The Balaban J connectivity index is 1.51. The Bertz CT molecular complexity index is 836. The Hall–Kier alpha value is -2.54. The van der Waals surface area contributed by atoms with Crippen LogP contribution in [0.4, 0.5) is 0 Å². The highest BCUT2D eigenvalue weighted by Crippen LogP contribution is 2.24. The first kappa shape index (κ1) is 17.3. The molecule has 1 fully saturated rings. The van der Waals surface area contributed by atoms with Gasteiger partial charge in [0.15, 0.2) is 16.4 Å². The topological polar surface area (TPSA) is 81.7 Å². The average Bonchev–Trinajstić information content (AvgIpc) is 2.93. The zero-order valence-electron chi connectivity index (χ0n) is 13.6. The summed E-state index contributed by atoms with van der Waals surface area (Å²) in [6, 6.07) is 16.0. The first-order valence-corrected chi connectivity index (χ1v) is 9.78. The fourth-order valence-corrected chi connectivity index (χ4v) is 4.25. The third kappa shape index (κ3) is 5.22. The summed E-state index contributed by atoms with van der Waals surface area (Å²) in [6.45, 7) is -0.175. The molecule has 1 amide bonds. The summed E-state index contributed by atoms with van der Waals surface area (Å²) in [5, 5.41) is 2.68. The molecule has 6 nitrogen and oxygen atoms in total. The van der Waals surface area contributed by atoms with Crippen molar-refractivity contribution in [3.63, 3.8) is 0 Å². The van der Waals surface area contributed by atoms with Crippen molar-refractivity contribution in [2.45, 2.75) is 12.5 Å². The number of hydrogen-bond donors (Lipinski definition) is 1. The second kappa shape index (κ2) is 7.57. The van der Waals surface area contributed by atoms with Crippen LogP contribution in [0.5, 0.6) is 17.2 Å². The van der Waals surface area contributed by atoms with E-state index in [1.807, 2.05) is 30.3 Å². The second-order valence-corrected chi connectivity index (χ2v) is 8.07. The third-order valence-electron chi connectivity index (χ3n) is 3.75. The monoisotopic (exact) mass is 361 g/mol. The van der Waals surface area contributed by atoms with Gasteiger partial charge in [0, 0.05) is 12.1 Å². The maximum absolute atomic E-state index is 11.9. The lowest BCUT2D eigenvalue weighted by Gasteiger charge is -2.12. The fourth-order valence-electron chi connectivity index (χ4n) is 2.58.